The monoisotopic (exact) mass is 293 g/mol. The molecule has 0 aliphatic rings. The first-order valence-corrected chi connectivity index (χ1v) is 7.51. The molecule has 114 valence electrons. The smallest absolute Gasteiger partial charge is 0.187 e. The molecule has 0 fully saturated rings. The Morgan fingerprint density at radius 1 is 0.864 bits per heavy atom. The predicted octanol–water partition coefficient (Wildman–Crippen LogP) is 5.04. The summed E-state index contributed by atoms with van der Waals surface area (Å²) in [6, 6.07) is 10.1. The van der Waals surface area contributed by atoms with E-state index < -0.39 is 0 Å². The van der Waals surface area contributed by atoms with Crippen molar-refractivity contribution in [2.45, 2.75) is 34.6 Å². The molecule has 2 aromatic carbocycles. The molecular weight excluding hydrogens is 270 g/mol. The van der Waals surface area contributed by atoms with E-state index in [9.17, 15) is 4.79 Å². The van der Waals surface area contributed by atoms with Crippen LogP contribution in [0.5, 0.6) is 0 Å². The number of hydrogen-bond donors (Lipinski definition) is 1. The zero-order valence-corrected chi connectivity index (χ0v) is 13.9. The van der Waals surface area contributed by atoms with Crippen LogP contribution < -0.4 is 5.32 Å². The molecule has 0 unspecified atom stereocenters. The summed E-state index contributed by atoms with van der Waals surface area (Å²) < 4.78 is 0. The van der Waals surface area contributed by atoms with Gasteiger partial charge in [-0.1, -0.05) is 29.8 Å². The minimum absolute atomic E-state index is 0.0121. The summed E-state index contributed by atoms with van der Waals surface area (Å²) in [5.41, 5.74) is 7.73. The zero-order valence-electron chi connectivity index (χ0n) is 13.9. The number of benzene rings is 2. The number of anilines is 1. The van der Waals surface area contributed by atoms with Crippen LogP contribution in [0.4, 0.5) is 5.69 Å². The maximum atomic E-state index is 12.2. The summed E-state index contributed by atoms with van der Waals surface area (Å²) in [7, 11) is 0. The number of nitrogens with one attached hydrogen (secondary N) is 1. The number of rotatable bonds is 4. The van der Waals surface area contributed by atoms with Crippen molar-refractivity contribution < 1.29 is 4.79 Å². The van der Waals surface area contributed by atoms with Gasteiger partial charge in [0, 0.05) is 23.5 Å². The molecule has 0 saturated carbocycles. The van der Waals surface area contributed by atoms with Gasteiger partial charge in [-0.15, -0.1) is 0 Å². The van der Waals surface area contributed by atoms with Gasteiger partial charge in [-0.3, -0.25) is 4.79 Å². The highest BCUT2D eigenvalue weighted by Crippen LogP contribution is 2.21. The van der Waals surface area contributed by atoms with Crippen LogP contribution in [0.1, 0.15) is 38.2 Å². The second-order valence-corrected chi connectivity index (χ2v) is 5.91. The Kier molecular flexibility index (Phi) is 4.81. The van der Waals surface area contributed by atoms with Crippen LogP contribution in [0.15, 0.2) is 42.6 Å². The number of carbonyl (C=O) groups is 1. The standard InChI is InChI=1S/C20H23NO/c1-13-10-16(4)20(17(5)11-13)21-9-8-19(22)18-7-6-14(2)15(3)12-18/h6-12,21H,1-5H3/b9-8+. The maximum Gasteiger partial charge on any atom is 0.187 e. The van der Waals surface area contributed by atoms with E-state index >= 15 is 0 Å². The van der Waals surface area contributed by atoms with Gasteiger partial charge in [0.25, 0.3) is 0 Å². The fraction of sp³-hybridized carbons (Fsp3) is 0.250. The van der Waals surface area contributed by atoms with Crippen molar-refractivity contribution in [2.24, 2.45) is 0 Å². The lowest BCUT2D eigenvalue weighted by molar-refractivity contribution is 0.104. The van der Waals surface area contributed by atoms with E-state index in [0.717, 1.165) is 16.8 Å². The Balaban J connectivity index is 2.12. The fourth-order valence-electron chi connectivity index (χ4n) is 2.60. The molecule has 2 rings (SSSR count). The first kappa shape index (κ1) is 16.0. The van der Waals surface area contributed by atoms with Gasteiger partial charge >= 0.3 is 0 Å². The third-order valence-corrected chi connectivity index (χ3v) is 3.93. The lowest BCUT2D eigenvalue weighted by Crippen LogP contribution is -1.99. The topological polar surface area (TPSA) is 29.1 Å². The third kappa shape index (κ3) is 3.64. The Bertz CT molecular complexity index is 718. The Morgan fingerprint density at radius 3 is 2.09 bits per heavy atom. The molecule has 0 heterocycles. The van der Waals surface area contributed by atoms with Crippen LogP contribution in [0.2, 0.25) is 0 Å². The second kappa shape index (κ2) is 6.61. The molecule has 2 nitrogen and oxygen atoms in total. The van der Waals surface area contributed by atoms with Gasteiger partial charge in [0.05, 0.1) is 0 Å². The van der Waals surface area contributed by atoms with Gasteiger partial charge in [0.2, 0.25) is 0 Å². The van der Waals surface area contributed by atoms with Crippen molar-refractivity contribution in [3.8, 4) is 0 Å². The van der Waals surface area contributed by atoms with Gasteiger partial charge < -0.3 is 5.32 Å². The van der Waals surface area contributed by atoms with Crippen molar-refractivity contribution in [3.05, 3.63) is 76.0 Å². The minimum Gasteiger partial charge on any atom is -0.361 e. The first-order chi connectivity index (χ1) is 10.4. The fourth-order valence-corrected chi connectivity index (χ4v) is 2.60. The summed E-state index contributed by atoms with van der Waals surface area (Å²) in [5.74, 6) is 0.0121. The molecule has 0 bridgehead atoms. The molecule has 0 aromatic heterocycles. The first-order valence-electron chi connectivity index (χ1n) is 7.51. The molecule has 2 aromatic rings. The van der Waals surface area contributed by atoms with E-state index in [1.807, 2.05) is 32.0 Å². The summed E-state index contributed by atoms with van der Waals surface area (Å²) >= 11 is 0. The SMILES string of the molecule is Cc1cc(C)c(N/C=C/C(=O)c2ccc(C)c(C)c2)c(C)c1. The van der Waals surface area contributed by atoms with Crippen molar-refractivity contribution in [1.82, 2.24) is 0 Å². The molecule has 1 N–H and O–H groups in total. The summed E-state index contributed by atoms with van der Waals surface area (Å²) in [5, 5.41) is 3.23. The molecule has 0 atom stereocenters. The van der Waals surface area contributed by atoms with Crippen LogP contribution in [0, 0.1) is 34.6 Å². The van der Waals surface area contributed by atoms with Crippen molar-refractivity contribution >= 4 is 11.5 Å². The minimum atomic E-state index is 0.0121. The summed E-state index contributed by atoms with van der Waals surface area (Å²) in [6.45, 7) is 10.3. The molecule has 0 aliphatic carbocycles. The van der Waals surface area contributed by atoms with E-state index in [1.165, 1.54) is 22.3 Å². The van der Waals surface area contributed by atoms with Crippen molar-refractivity contribution in [3.63, 3.8) is 0 Å². The number of allylic oxidation sites excluding steroid dienone is 1. The van der Waals surface area contributed by atoms with E-state index in [1.54, 1.807) is 12.3 Å². The number of carbonyl (C=O) groups excluding carboxylic acids is 1. The van der Waals surface area contributed by atoms with Crippen LogP contribution in [0.3, 0.4) is 0 Å². The molecule has 2 heteroatoms. The van der Waals surface area contributed by atoms with Gasteiger partial charge in [0.15, 0.2) is 5.78 Å². The lowest BCUT2D eigenvalue weighted by atomic mass is 10.0. The van der Waals surface area contributed by atoms with Gasteiger partial charge in [-0.05, 0) is 62.9 Å². The summed E-state index contributed by atoms with van der Waals surface area (Å²) in [6.07, 6.45) is 3.31. The average Bonchev–Trinajstić information content (AvgIpc) is 2.44. The van der Waals surface area contributed by atoms with E-state index in [-0.39, 0.29) is 5.78 Å². The lowest BCUT2D eigenvalue weighted by Gasteiger charge is -2.10. The quantitative estimate of drug-likeness (QED) is 0.632. The molecule has 22 heavy (non-hydrogen) atoms. The number of aryl methyl sites for hydroxylation is 5. The normalized spacial score (nSPS) is 11.0. The van der Waals surface area contributed by atoms with E-state index in [4.69, 9.17) is 0 Å². The highest BCUT2D eigenvalue weighted by atomic mass is 16.1. The maximum absolute atomic E-state index is 12.2. The average molecular weight is 293 g/mol. The van der Waals surface area contributed by atoms with Crippen molar-refractivity contribution in [1.29, 1.82) is 0 Å². The number of ketones is 1. The van der Waals surface area contributed by atoms with Gasteiger partial charge in [-0.2, -0.15) is 0 Å². The van der Waals surface area contributed by atoms with Crippen LogP contribution in [-0.4, -0.2) is 5.78 Å². The molecule has 0 aliphatic heterocycles. The molecule has 0 spiro atoms. The predicted molar refractivity (Wildman–Crippen MR) is 93.7 cm³/mol. The Labute approximate surface area is 132 Å². The van der Waals surface area contributed by atoms with Gasteiger partial charge in [0.1, 0.15) is 0 Å². The zero-order chi connectivity index (χ0) is 16.3. The molecule has 0 saturated heterocycles. The highest BCUT2D eigenvalue weighted by Gasteiger charge is 2.04. The highest BCUT2D eigenvalue weighted by molar-refractivity contribution is 6.04. The molecule has 0 radical (unpaired) electrons. The van der Waals surface area contributed by atoms with E-state index in [2.05, 4.69) is 38.2 Å². The number of hydrogen-bond acceptors (Lipinski definition) is 2. The van der Waals surface area contributed by atoms with Crippen LogP contribution in [-0.2, 0) is 0 Å². The molecule has 0 amide bonds. The third-order valence-electron chi connectivity index (χ3n) is 3.93. The largest absolute Gasteiger partial charge is 0.361 e. The molecular formula is C20H23NO. The van der Waals surface area contributed by atoms with Crippen LogP contribution >= 0.6 is 0 Å². The van der Waals surface area contributed by atoms with Crippen LogP contribution in [0.25, 0.3) is 0 Å². The Hall–Kier alpha value is -2.35. The second-order valence-electron chi connectivity index (χ2n) is 5.91. The summed E-state index contributed by atoms with van der Waals surface area (Å²) in [4.78, 5) is 12.2. The Morgan fingerprint density at radius 2 is 1.50 bits per heavy atom. The van der Waals surface area contributed by atoms with Crippen molar-refractivity contribution in [2.75, 3.05) is 5.32 Å². The van der Waals surface area contributed by atoms with Gasteiger partial charge in [-0.25, -0.2) is 0 Å². The van der Waals surface area contributed by atoms with E-state index in [0.29, 0.717) is 0 Å².